The maximum absolute atomic E-state index is 4.23. The van der Waals surface area contributed by atoms with Gasteiger partial charge < -0.3 is 5.32 Å². The summed E-state index contributed by atoms with van der Waals surface area (Å²) in [5.41, 5.74) is 1.15. The molecule has 1 fully saturated rings. The summed E-state index contributed by atoms with van der Waals surface area (Å²) in [6.07, 6.45) is 8.63. The number of aromatic nitrogens is 3. The molecule has 1 heterocycles. The van der Waals surface area contributed by atoms with Crippen LogP contribution >= 0.6 is 0 Å². The Balaban J connectivity index is 1.90. The van der Waals surface area contributed by atoms with Gasteiger partial charge in [0.05, 0.1) is 5.69 Å². The van der Waals surface area contributed by atoms with Crippen molar-refractivity contribution < 1.29 is 0 Å². The van der Waals surface area contributed by atoms with Crippen molar-refractivity contribution in [2.45, 2.75) is 52.0 Å². The van der Waals surface area contributed by atoms with Crippen LogP contribution < -0.4 is 5.32 Å². The first-order chi connectivity index (χ1) is 8.65. The lowest BCUT2D eigenvalue weighted by Crippen LogP contribution is -2.35. The molecular formula is C14H26N4. The van der Waals surface area contributed by atoms with E-state index in [4.69, 9.17) is 0 Å². The third-order valence-corrected chi connectivity index (χ3v) is 3.98. The van der Waals surface area contributed by atoms with Crippen molar-refractivity contribution in [2.75, 3.05) is 6.54 Å². The molecule has 4 nitrogen and oxygen atoms in total. The van der Waals surface area contributed by atoms with E-state index in [0.29, 0.717) is 6.04 Å². The van der Waals surface area contributed by atoms with Crippen LogP contribution in [0.15, 0.2) is 6.20 Å². The second-order valence-corrected chi connectivity index (χ2v) is 5.96. The van der Waals surface area contributed by atoms with Crippen molar-refractivity contribution >= 4 is 0 Å². The summed E-state index contributed by atoms with van der Waals surface area (Å²) in [6.45, 7) is 5.60. The average Bonchev–Trinajstić information content (AvgIpc) is 2.73. The fourth-order valence-corrected chi connectivity index (χ4v) is 2.97. The zero-order valence-electron chi connectivity index (χ0n) is 11.9. The molecule has 1 aliphatic carbocycles. The Hall–Kier alpha value is -0.900. The van der Waals surface area contributed by atoms with E-state index in [-0.39, 0.29) is 0 Å². The fraction of sp³-hybridized carbons (Fsp3) is 0.857. The van der Waals surface area contributed by atoms with Gasteiger partial charge in [-0.1, -0.05) is 31.9 Å². The molecule has 1 saturated carbocycles. The number of hydrogen-bond acceptors (Lipinski definition) is 3. The van der Waals surface area contributed by atoms with Crippen LogP contribution in [0.25, 0.3) is 0 Å². The minimum Gasteiger partial charge on any atom is -0.314 e. The van der Waals surface area contributed by atoms with E-state index in [1.54, 1.807) is 4.68 Å². The molecule has 2 rings (SSSR count). The highest BCUT2D eigenvalue weighted by Crippen LogP contribution is 2.31. The maximum atomic E-state index is 4.23. The molecule has 0 aliphatic heterocycles. The van der Waals surface area contributed by atoms with Crippen LogP contribution in [0.5, 0.6) is 0 Å². The quantitative estimate of drug-likeness (QED) is 0.871. The van der Waals surface area contributed by atoms with Gasteiger partial charge in [0.25, 0.3) is 0 Å². The second kappa shape index (κ2) is 6.32. The third-order valence-electron chi connectivity index (χ3n) is 3.98. The Morgan fingerprint density at radius 1 is 1.33 bits per heavy atom. The predicted octanol–water partition coefficient (Wildman–Crippen LogP) is 2.16. The van der Waals surface area contributed by atoms with Gasteiger partial charge in [-0.3, -0.25) is 4.68 Å². The van der Waals surface area contributed by atoms with Gasteiger partial charge in [0.2, 0.25) is 0 Å². The Morgan fingerprint density at radius 2 is 2.06 bits per heavy atom. The standard InChI is InChI=1S/C14H26N4/c1-11(2)15-9-13-7-5-4-6-12(13)8-14-10-18(3)17-16-14/h10-13,15H,4-9H2,1-3H3. The molecule has 0 radical (unpaired) electrons. The lowest BCUT2D eigenvalue weighted by molar-refractivity contribution is 0.223. The monoisotopic (exact) mass is 250 g/mol. The summed E-state index contributed by atoms with van der Waals surface area (Å²) in [6, 6.07) is 0.587. The van der Waals surface area contributed by atoms with Gasteiger partial charge in [-0.15, -0.1) is 5.10 Å². The van der Waals surface area contributed by atoms with Crippen LogP contribution in [0.2, 0.25) is 0 Å². The van der Waals surface area contributed by atoms with Gasteiger partial charge in [0.1, 0.15) is 0 Å². The summed E-state index contributed by atoms with van der Waals surface area (Å²) in [5, 5.41) is 11.9. The summed E-state index contributed by atoms with van der Waals surface area (Å²) in [5.74, 6) is 1.59. The van der Waals surface area contributed by atoms with Crippen LogP contribution in [0.1, 0.15) is 45.2 Å². The number of aryl methyl sites for hydroxylation is 1. The van der Waals surface area contributed by atoms with Crippen molar-refractivity contribution in [1.29, 1.82) is 0 Å². The van der Waals surface area contributed by atoms with Gasteiger partial charge in [-0.25, -0.2) is 0 Å². The lowest BCUT2D eigenvalue weighted by Gasteiger charge is -2.32. The molecule has 0 aromatic carbocycles. The highest BCUT2D eigenvalue weighted by Gasteiger charge is 2.25. The first kappa shape index (κ1) is 13.5. The molecule has 1 aliphatic rings. The minimum absolute atomic E-state index is 0.587. The molecular weight excluding hydrogens is 224 g/mol. The van der Waals surface area contributed by atoms with E-state index in [2.05, 4.69) is 35.7 Å². The van der Waals surface area contributed by atoms with E-state index in [0.717, 1.165) is 30.5 Å². The lowest BCUT2D eigenvalue weighted by atomic mass is 9.77. The number of hydrogen-bond donors (Lipinski definition) is 1. The molecule has 0 spiro atoms. The van der Waals surface area contributed by atoms with Gasteiger partial charge >= 0.3 is 0 Å². The summed E-state index contributed by atoms with van der Waals surface area (Å²) in [7, 11) is 1.94. The van der Waals surface area contributed by atoms with Gasteiger partial charge in [0.15, 0.2) is 0 Å². The molecule has 18 heavy (non-hydrogen) atoms. The van der Waals surface area contributed by atoms with E-state index < -0.39 is 0 Å². The molecule has 2 atom stereocenters. The first-order valence-corrected chi connectivity index (χ1v) is 7.23. The summed E-state index contributed by atoms with van der Waals surface area (Å²) >= 11 is 0. The van der Waals surface area contributed by atoms with Crippen molar-refractivity contribution in [3.8, 4) is 0 Å². The molecule has 4 heteroatoms. The number of nitrogens with zero attached hydrogens (tertiary/aromatic N) is 3. The SMILES string of the molecule is CC(C)NCC1CCCCC1Cc1cn(C)nn1. The van der Waals surface area contributed by atoms with Crippen molar-refractivity contribution in [1.82, 2.24) is 20.3 Å². The van der Waals surface area contributed by atoms with Crippen LogP contribution in [-0.4, -0.2) is 27.6 Å². The Kier molecular flexibility index (Phi) is 4.75. The first-order valence-electron chi connectivity index (χ1n) is 7.23. The normalized spacial score (nSPS) is 24.7. The molecule has 1 aromatic rings. The Morgan fingerprint density at radius 3 is 2.67 bits per heavy atom. The topological polar surface area (TPSA) is 42.7 Å². The highest BCUT2D eigenvalue weighted by atomic mass is 15.4. The van der Waals surface area contributed by atoms with Crippen LogP contribution in [0, 0.1) is 11.8 Å². The minimum atomic E-state index is 0.587. The predicted molar refractivity (Wildman–Crippen MR) is 73.3 cm³/mol. The fourth-order valence-electron chi connectivity index (χ4n) is 2.97. The highest BCUT2D eigenvalue weighted by molar-refractivity contribution is 4.96. The van der Waals surface area contributed by atoms with Crippen LogP contribution in [0.3, 0.4) is 0 Å². The van der Waals surface area contributed by atoms with Crippen molar-refractivity contribution in [2.24, 2.45) is 18.9 Å². The molecule has 0 bridgehead atoms. The number of rotatable bonds is 5. The molecule has 1 N–H and O–H groups in total. The molecule has 102 valence electrons. The number of nitrogens with one attached hydrogen (secondary N) is 1. The van der Waals surface area contributed by atoms with E-state index >= 15 is 0 Å². The third kappa shape index (κ3) is 3.80. The van der Waals surface area contributed by atoms with Crippen LogP contribution in [-0.2, 0) is 13.5 Å². The van der Waals surface area contributed by atoms with Gasteiger partial charge in [0, 0.05) is 19.3 Å². The smallest absolute Gasteiger partial charge is 0.0829 e. The zero-order chi connectivity index (χ0) is 13.0. The molecule has 0 saturated heterocycles. The molecule has 0 amide bonds. The van der Waals surface area contributed by atoms with E-state index in [1.807, 2.05) is 7.05 Å². The van der Waals surface area contributed by atoms with Crippen molar-refractivity contribution in [3.63, 3.8) is 0 Å². The van der Waals surface area contributed by atoms with Crippen molar-refractivity contribution in [3.05, 3.63) is 11.9 Å². The Bertz CT molecular complexity index is 358. The second-order valence-electron chi connectivity index (χ2n) is 5.96. The largest absolute Gasteiger partial charge is 0.314 e. The summed E-state index contributed by atoms with van der Waals surface area (Å²) < 4.78 is 1.81. The van der Waals surface area contributed by atoms with Gasteiger partial charge in [-0.2, -0.15) is 0 Å². The summed E-state index contributed by atoms with van der Waals surface area (Å²) in [4.78, 5) is 0. The molecule has 2 unspecified atom stereocenters. The molecule has 1 aromatic heterocycles. The maximum Gasteiger partial charge on any atom is 0.0829 e. The van der Waals surface area contributed by atoms with Gasteiger partial charge in [-0.05, 0) is 37.6 Å². The van der Waals surface area contributed by atoms with Crippen LogP contribution in [0.4, 0.5) is 0 Å². The van der Waals surface area contributed by atoms with E-state index in [1.165, 1.54) is 25.7 Å². The zero-order valence-corrected chi connectivity index (χ0v) is 11.9. The Labute approximate surface area is 110 Å². The average molecular weight is 250 g/mol. The van der Waals surface area contributed by atoms with E-state index in [9.17, 15) is 0 Å².